The van der Waals surface area contributed by atoms with E-state index in [1.807, 2.05) is 6.92 Å². The smallest absolute Gasteiger partial charge is 0.324 e. The van der Waals surface area contributed by atoms with Crippen molar-refractivity contribution in [2.45, 2.75) is 38.1 Å². The van der Waals surface area contributed by atoms with Crippen LogP contribution in [0.3, 0.4) is 0 Å². The van der Waals surface area contributed by atoms with E-state index in [4.69, 9.17) is 4.74 Å². The molecule has 1 rings (SSSR count). The Morgan fingerprint density at radius 2 is 1.88 bits per heavy atom. The van der Waals surface area contributed by atoms with Crippen molar-refractivity contribution in [1.82, 2.24) is 4.72 Å². The Bertz CT molecular complexity index is 732. The van der Waals surface area contributed by atoms with Gasteiger partial charge in [-0.15, -0.1) is 0 Å². The number of hydrogen-bond acceptors (Lipinski definition) is 6. The Kier molecular flexibility index (Phi) is 7.38. The number of carbonyl (C=O) groups is 2. The highest BCUT2D eigenvalue weighted by Gasteiger charge is 2.30. The third-order valence-corrected chi connectivity index (χ3v) is 5.18. The topological polar surface area (TPSA) is 111 Å². The molecule has 1 amide bonds. The Labute approximate surface area is 147 Å². The molecule has 0 saturated carbocycles. The van der Waals surface area contributed by atoms with E-state index in [0.29, 0.717) is 12.2 Å². The predicted molar refractivity (Wildman–Crippen MR) is 92.9 cm³/mol. The molecule has 0 aliphatic rings. The van der Waals surface area contributed by atoms with E-state index in [9.17, 15) is 18.0 Å². The first-order valence-corrected chi connectivity index (χ1v) is 9.20. The van der Waals surface area contributed by atoms with Crippen LogP contribution in [0.1, 0.15) is 27.2 Å². The summed E-state index contributed by atoms with van der Waals surface area (Å²) in [5, 5.41) is 2.51. The molecular weight excluding hydrogens is 348 g/mol. The molecule has 0 heterocycles. The first-order chi connectivity index (χ1) is 11.7. The molecule has 0 saturated heterocycles. The van der Waals surface area contributed by atoms with Crippen molar-refractivity contribution in [3.63, 3.8) is 0 Å². The van der Waals surface area contributed by atoms with Gasteiger partial charge in [-0.05, 0) is 24.1 Å². The molecule has 0 bridgehead atoms. The van der Waals surface area contributed by atoms with E-state index in [1.165, 1.54) is 39.3 Å². The molecular formula is C16H24N2O6S. The second-order valence-electron chi connectivity index (χ2n) is 5.55. The summed E-state index contributed by atoms with van der Waals surface area (Å²) in [6, 6.07) is 3.02. The molecule has 25 heavy (non-hydrogen) atoms. The summed E-state index contributed by atoms with van der Waals surface area (Å²) in [4.78, 5) is 23.1. The van der Waals surface area contributed by atoms with Gasteiger partial charge in [0.2, 0.25) is 15.9 Å². The Morgan fingerprint density at radius 3 is 2.36 bits per heavy atom. The number of sulfonamides is 1. The molecule has 0 unspecified atom stereocenters. The number of anilines is 1. The van der Waals surface area contributed by atoms with Gasteiger partial charge in [0.1, 0.15) is 11.8 Å². The number of amides is 1. The summed E-state index contributed by atoms with van der Waals surface area (Å²) in [6.45, 7) is 4.90. The number of ether oxygens (including phenoxy) is 2. The zero-order valence-electron chi connectivity index (χ0n) is 15.0. The van der Waals surface area contributed by atoms with Gasteiger partial charge in [0.15, 0.2) is 0 Å². The van der Waals surface area contributed by atoms with Gasteiger partial charge in [-0.1, -0.05) is 20.3 Å². The summed E-state index contributed by atoms with van der Waals surface area (Å²) < 4.78 is 37.5. The van der Waals surface area contributed by atoms with Crippen LogP contribution in [0.25, 0.3) is 0 Å². The highest BCUT2D eigenvalue weighted by molar-refractivity contribution is 7.89. The summed E-state index contributed by atoms with van der Waals surface area (Å²) in [6.07, 6.45) is 0.585. The van der Waals surface area contributed by atoms with Crippen LogP contribution in [-0.2, 0) is 24.3 Å². The molecule has 0 fully saturated rings. The van der Waals surface area contributed by atoms with Crippen molar-refractivity contribution in [2.24, 2.45) is 5.92 Å². The molecule has 8 nitrogen and oxygen atoms in total. The number of nitrogens with one attached hydrogen (secondary N) is 2. The Hall–Kier alpha value is -2.13. The Morgan fingerprint density at radius 1 is 1.24 bits per heavy atom. The van der Waals surface area contributed by atoms with Gasteiger partial charge in [-0.3, -0.25) is 9.59 Å². The maximum atomic E-state index is 12.6. The maximum absolute atomic E-state index is 12.6. The lowest BCUT2D eigenvalue weighted by molar-refractivity contribution is -0.143. The number of carbonyl (C=O) groups excluding carboxylic acids is 2. The zero-order valence-corrected chi connectivity index (χ0v) is 15.8. The second-order valence-corrected chi connectivity index (χ2v) is 7.26. The minimum absolute atomic E-state index is 0.103. The first-order valence-electron chi connectivity index (χ1n) is 7.72. The minimum atomic E-state index is -4.01. The van der Waals surface area contributed by atoms with E-state index < -0.39 is 22.0 Å². The van der Waals surface area contributed by atoms with E-state index in [2.05, 4.69) is 14.8 Å². The first kappa shape index (κ1) is 20.9. The monoisotopic (exact) mass is 372 g/mol. The molecule has 1 aromatic carbocycles. The quantitative estimate of drug-likeness (QED) is 0.669. The van der Waals surface area contributed by atoms with Crippen LogP contribution in [0.15, 0.2) is 23.1 Å². The zero-order chi connectivity index (χ0) is 19.2. The fourth-order valence-corrected chi connectivity index (χ4v) is 3.46. The SMILES string of the molecule is CC[C@@H](C)[C@H](NS(=O)(=O)c1ccc(OC)c(NC(C)=O)c1)C(=O)OC. The highest BCUT2D eigenvalue weighted by Crippen LogP contribution is 2.28. The van der Waals surface area contributed by atoms with Crippen molar-refractivity contribution in [2.75, 3.05) is 19.5 Å². The van der Waals surface area contributed by atoms with Crippen LogP contribution >= 0.6 is 0 Å². The third-order valence-electron chi connectivity index (χ3n) is 3.74. The van der Waals surface area contributed by atoms with Crippen LogP contribution in [0.2, 0.25) is 0 Å². The van der Waals surface area contributed by atoms with Crippen molar-refractivity contribution < 1.29 is 27.5 Å². The largest absolute Gasteiger partial charge is 0.495 e. The fourth-order valence-electron chi connectivity index (χ4n) is 2.14. The van der Waals surface area contributed by atoms with E-state index in [1.54, 1.807) is 6.92 Å². The standard InChI is InChI=1S/C16H24N2O6S/c1-6-10(2)15(16(20)24-5)18-25(21,22)12-7-8-14(23-4)13(9-12)17-11(3)19/h7-10,15,18H,6H2,1-5H3,(H,17,19)/t10-,15+/m1/s1. The molecule has 0 aromatic heterocycles. The third kappa shape index (κ3) is 5.43. The molecule has 2 N–H and O–H groups in total. The van der Waals surface area contributed by atoms with Crippen LogP contribution in [0.5, 0.6) is 5.75 Å². The number of esters is 1. The number of hydrogen-bond donors (Lipinski definition) is 2. The molecule has 2 atom stereocenters. The normalized spacial score (nSPS) is 13.6. The lowest BCUT2D eigenvalue weighted by Crippen LogP contribution is -2.45. The van der Waals surface area contributed by atoms with Gasteiger partial charge >= 0.3 is 5.97 Å². The predicted octanol–water partition coefficient (Wildman–Crippen LogP) is 1.52. The number of methoxy groups -OCH3 is 2. The highest BCUT2D eigenvalue weighted by atomic mass is 32.2. The van der Waals surface area contributed by atoms with E-state index >= 15 is 0 Å². The average molecular weight is 372 g/mol. The molecule has 9 heteroatoms. The molecule has 1 aromatic rings. The van der Waals surface area contributed by atoms with Gasteiger partial charge in [0.05, 0.1) is 24.8 Å². The summed E-state index contributed by atoms with van der Waals surface area (Å²) >= 11 is 0. The van der Waals surface area contributed by atoms with Crippen molar-refractivity contribution in [3.05, 3.63) is 18.2 Å². The van der Waals surface area contributed by atoms with Gasteiger partial charge in [0, 0.05) is 6.92 Å². The van der Waals surface area contributed by atoms with Crippen molar-refractivity contribution in [1.29, 1.82) is 0 Å². The fraction of sp³-hybridized carbons (Fsp3) is 0.500. The number of rotatable bonds is 8. The molecule has 0 radical (unpaired) electrons. The van der Waals surface area contributed by atoms with Gasteiger partial charge in [-0.2, -0.15) is 4.72 Å². The minimum Gasteiger partial charge on any atom is -0.495 e. The van der Waals surface area contributed by atoms with Crippen LogP contribution in [0, 0.1) is 5.92 Å². The summed E-state index contributed by atoms with van der Waals surface area (Å²) in [5.74, 6) is -0.961. The lowest BCUT2D eigenvalue weighted by atomic mass is 10.0. The lowest BCUT2D eigenvalue weighted by Gasteiger charge is -2.22. The van der Waals surface area contributed by atoms with Crippen LogP contribution < -0.4 is 14.8 Å². The maximum Gasteiger partial charge on any atom is 0.324 e. The van der Waals surface area contributed by atoms with E-state index in [-0.39, 0.29) is 22.4 Å². The van der Waals surface area contributed by atoms with Crippen molar-refractivity contribution in [3.8, 4) is 5.75 Å². The summed E-state index contributed by atoms with van der Waals surface area (Å²) in [7, 11) is -1.40. The van der Waals surface area contributed by atoms with E-state index in [0.717, 1.165) is 0 Å². The van der Waals surface area contributed by atoms with Gasteiger partial charge < -0.3 is 14.8 Å². The molecule has 140 valence electrons. The average Bonchev–Trinajstić information content (AvgIpc) is 2.57. The van der Waals surface area contributed by atoms with Crippen molar-refractivity contribution >= 4 is 27.6 Å². The second kappa shape index (κ2) is 8.82. The molecule has 0 aliphatic carbocycles. The van der Waals surface area contributed by atoms with Crippen LogP contribution in [0.4, 0.5) is 5.69 Å². The van der Waals surface area contributed by atoms with Gasteiger partial charge in [0.25, 0.3) is 0 Å². The van der Waals surface area contributed by atoms with Gasteiger partial charge in [-0.25, -0.2) is 8.42 Å². The summed E-state index contributed by atoms with van der Waals surface area (Å²) in [5.41, 5.74) is 0.219. The molecule has 0 spiro atoms. The number of benzene rings is 1. The molecule has 0 aliphatic heterocycles. The van der Waals surface area contributed by atoms with Crippen LogP contribution in [-0.4, -0.2) is 40.6 Å². The Balaban J connectivity index is 3.23.